The van der Waals surface area contributed by atoms with E-state index in [1.54, 1.807) is 7.11 Å². The van der Waals surface area contributed by atoms with Gasteiger partial charge in [-0.25, -0.2) is 0 Å². The molecule has 1 fully saturated rings. The lowest BCUT2D eigenvalue weighted by Crippen LogP contribution is -2.27. The zero-order valence-electron chi connectivity index (χ0n) is 13.9. The van der Waals surface area contributed by atoms with Crippen molar-refractivity contribution in [3.05, 3.63) is 54.4 Å². The van der Waals surface area contributed by atoms with Gasteiger partial charge in [0, 0.05) is 37.1 Å². The van der Waals surface area contributed by atoms with Crippen molar-refractivity contribution in [3.8, 4) is 5.75 Å². The third kappa shape index (κ3) is 4.11. The molecule has 1 aromatic carbocycles. The number of aromatic nitrogens is 1. The van der Waals surface area contributed by atoms with Crippen LogP contribution in [0, 0.1) is 0 Å². The van der Waals surface area contributed by atoms with Gasteiger partial charge in [-0.15, -0.1) is 0 Å². The van der Waals surface area contributed by atoms with E-state index in [0.29, 0.717) is 12.5 Å². The van der Waals surface area contributed by atoms with Crippen molar-refractivity contribution < 1.29 is 9.53 Å². The number of nitrogens with one attached hydrogen (secondary N) is 1. The van der Waals surface area contributed by atoms with Gasteiger partial charge in [-0.05, 0) is 61.3 Å². The Bertz CT molecular complexity index is 658. The number of hydrogen-bond donors (Lipinski definition) is 1. The highest BCUT2D eigenvalue weighted by Gasteiger charge is 2.25. The first-order valence-electron chi connectivity index (χ1n) is 8.34. The van der Waals surface area contributed by atoms with Crippen LogP contribution in [0.15, 0.2) is 48.8 Å². The molecule has 0 spiro atoms. The molecule has 2 heterocycles. The minimum Gasteiger partial charge on any atom is -0.497 e. The van der Waals surface area contributed by atoms with Crippen molar-refractivity contribution in [1.29, 1.82) is 0 Å². The average molecular weight is 325 g/mol. The van der Waals surface area contributed by atoms with Crippen LogP contribution in [0.1, 0.15) is 30.9 Å². The summed E-state index contributed by atoms with van der Waals surface area (Å²) in [5, 5.41) is 2.94. The van der Waals surface area contributed by atoms with Crippen LogP contribution in [-0.2, 0) is 4.79 Å². The highest BCUT2D eigenvalue weighted by atomic mass is 16.5. The van der Waals surface area contributed by atoms with Gasteiger partial charge >= 0.3 is 0 Å². The average Bonchev–Trinajstić information content (AvgIpc) is 3.10. The number of carbonyl (C=O) groups is 1. The van der Waals surface area contributed by atoms with E-state index in [9.17, 15) is 4.79 Å². The molecular formula is C19H23N3O2. The maximum atomic E-state index is 12.2. The van der Waals surface area contributed by atoms with Gasteiger partial charge in [0.05, 0.1) is 7.11 Å². The summed E-state index contributed by atoms with van der Waals surface area (Å²) in [5.41, 5.74) is 2.09. The number of likely N-dealkylation sites (tertiary alicyclic amines) is 1. The maximum Gasteiger partial charge on any atom is 0.225 e. The summed E-state index contributed by atoms with van der Waals surface area (Å²) in [4.78, 5) is 18.7. The van der Waals surface area contributed by atoms with Crippen molar-refractivity contribution in [2.45, 2.75) is 25.3 Å². The van der Waals surface area contributed by atoms with Gasteiger partial charge in [0.2, 0.25) is 5.91 Å². The monoisotopic (exact) mass is 325 g/mol. The molecule has 1 amide bonds. The Labute approximate surface area is 142 Å². The third-order valence-corrected chi connectivity index (χ3v) is 4.45. The summed E-state index contributed by atoms with van der Waals surface area (Å²) in [6.07, 6.45) is 6.48. The molecule has 5 nitrogen and oxygen atoms in total. The van der Waals surface area contributed by atoms with E-state index in [1.807, 2.05) is 36.7 Å². The first kappa shape index (κ1) is 16.5. The smallest absolute Gasteiger partial charge is 0.225 e. The second-order valence-electron chi connectivity index (χ2n) is 6.00. The Balaban J connectivity index is 1.51. The molecule has 0 unspecified atom stereocenters. The summed E-state index contributed by atoms with van der Waals surface area (Å²) in [5.74, 6) is 0.825. The highest BCUT2D eigenvalue weighted by molar-refractivity contribution is 5.90. The maximum absolute atomic E-state index is 12.2. The third-order valence-electron chi connectivity index (χ3n) is 4.45. The largest absolute Gasteiger partial charge is 0.497 e. The molecule has 126 valence electrons. The number of hydrogen-bond acceptors (Lipinski definition) is 4. The quantitative estimate of drug-likeness (QED) is 0.886. The van der Waals surface area contributed by atoms with Crippen LogP contribution < -0.4 is 10.1 Å². The summed E-state index contributed by atoms with van der Waals surface area (Å²) in [6.45, 7) is 1.82. The van der Waals surface area contributed by atoms with E-state index in [2.05, 4.69) is 27.3 Å². The first-order chi connectivity index (χ1) is 11.8. The number of pyridine rings is 1. The van der Waals surface area contributed by atoms with Gasteiger partial charge in [0.15, 0.2) is 0 Å². The van der Waals surface area contributed by atoms with Crippen LogP contribution in [-0.4, -0.2) is 36.0 Å². The molecule has 0 bridgehead atoms. The summed E-state index contributed by atoms with van der Waals surface area (Å²) in [6, 6.07) is 11.9. The van der Waals surface area contributed by atoms with Crippen molar-refractivity contribution >= 4 is 11.6 Å². The topological polar surface area (TPSA) is 54.5 Å². The number of carbonyl (C=O) groups excluding carboxylic acids is 1. The fourth-order valence-corrected chi connectivity index (χ4v) is 3.20. The Morgan fingerprint density at radius 1 is 1.25 bits per heavy atom. The minimum absolute atomic E-state index is 0.0422. The fourth-order valence-electron chi connectivity index (χ4n) is 3.20. The molecule has 24 heavy (non-hydrogen) atoms. The SMILES string of the molecule is COc1ccc(NC(=O)CCN2CCC[C@@H]2c2ccncc2)cc1. The number of methoxy groups -OCH3 is 1. The number of ether oxygens (including phenoxy) is 1. The minimum atomic E-state index is 0.0422. The lowest BCUT2D eigenvalue weighted by atomic mass is 10.1. The van der Waals surface area contributed by atoms with E-state index in [1.165, 1.54) is 12.0 Å². The van der Waals surface area contributed by atoms with Crippen molar-refractivity contribution in [2.24, 2.45) is 0 Å². The van der Waals surface area contributed by atoms with Gasteiger partial charge in [-0.2, -0.15) is 0 Å². The molecular weight excluding hydrogens is 302 g/mol. The molecule has 0 radical (unpaired) electrons. The molecule has 1 aliphatic rings. The van der Waals surface area contributed by atoms with Crippen LogP contribution in [0.25, 0.3) is 0 Å². The Morgan fingerprint density at radius 3 is 2.71 bits per heavy atom. The van der Waals surface area contributed by atoms with Crippen LogP contribution in [0.3, 0.4) is 0 Å². The molecule has 0 aliphatic carbocycles. The predicted molar refractivity (Wildman–Crippen MR) is 94.0 cm³/mol. The summed E-state index contributed by atoms with van der Waals surface area (Å²) < 4.78 is 5.12. The van der Waals surface area contributed by atoms with E-state index < -0.39 is 0 Å². The number of anilines is 1. The van der Waals surface area contributed by atoms with Gasteiger partial charge in [-0.3, -0.25) is 14.7 Å². The van der Waals surface area contributed by atoms with Crippen LogP contribution in [0.5, 0.6) is 5.75 Å². The number of nitrogens with zero attached hydrogens (tertiary/aromatic N) is 2. The normalized spacial score (nSPS) is 17.6. The van der Waals surface area contributed by atoms with Gasteiger partial charge < -0.3 is 10.1 Å². The number of benzene rings is 1. The molecule has 5 heteroatoms. The van der Waals surface area contributed by atoms with E-state index in [-0.39, 0.29) is 5.91 Å². The molecule has 1 aliphatic heterocycles. The Kier molecular flexibility index (Phi) is 5.43. The lowest BCUT2D eigenvalue weighted by molar-refractivity contribution is -0.116. The molecule has 3 rings (SSSR count). The van der Waals surface area contributed by atoms with Crippen LogP contribution in [0.2, 0.25) is 0 Å². The zero-order valence-corrected chi connectivity index (χ0v) is 13.9. The first-order valence-corrected chi connectivity index (χ1v) is 8.34. The van der Waals surface area contributed by atoms with Crippen molar-refractivity contribution in [1.82, 2.24) is 9.88 Å². The number of rotatable bonds is 6. The molecule has 2 aromatic rings. The zero-order chi connectivity index (χ0) is 16.8. The van der Waals surface area contributed by atoms with Gasteiger partial charge in [0.25, 0.3) is 0 Å². The second kappa shape index (κ2) is 7.93. The number of amides is 1. The summed E-state index contributed by atoms with van der Waals surface area (Å²) >= 11 is 0. The molecule has 1 aromatic heterocycles. The molecule has 1 saturated heterocycles. The van der Waals surface area contributed by atoms with Gasteiger partial charge in [0.1, 0.15) is 5.75 Å². The Morgan fingerprint density at radius 2 is 2.00 bits per heavy atom. The van der Waals surface area contributed by atoms with E-state index in [0.717, 1.165) is 30.9 Å². The van der Waals surface area contributed by atoms with Crippen molar-refractivity contribution in [3.63, 3.8) is 0 Å². The molecule has 0 saturated carbocycles. The van der Waals surface area contributed by atoms with E-state index in [4.69, 9.17) is 4.74 Å². The Hall–Kier alpha value is -2.40. The van der Waals surface area contributed by atoms with Gasteiger partial charge in [-0.1, -0.05) is 0 Å². The lowest BCUT2D eigenvalue weighted by Gasteiger charge is -2.24. The standard InChI is InChI=1S/C19H23N3O2/c1-24-17-6-4-16(5-7-17)21-19(23)10-14-22-13-2-3-18(22)15-8-11-20-12-9-15/h4-9,11-12,18H,2-3,10,13-14H2,1H3,(H,21,23)/t18-/m1/s1. The van der Waals surface area contributed by atoms with Crippen LogP contribution in [0.4, 0.5) is 5.69 Å². The summed E-state index contributed by atoms with van der Waals surface area (Å²) in [7, 11) is 1.63. The second-order valence-corrected chi connectivity index (χ2v) is 6.00. The molecule has 1 atom stereocenters. The molecule has 1 N–H and O–H groups in total. The van der Waals surface area contributed by atoms with E-state index >= 15 is 0 Å². The fraction of sp³-hybridized carbons (Fsp3) is 0.368. The predicted octanol–water partition coefficient (Wildman–Crippen LogP) is 3.26. The highest BCUT2D eigenvalue weighted by Crippen LogP contribution is 2.31. The van der Waals surface area contributed by atoms with Crippen molar-refractivity contribution in [2.75, 3.05) is 25.5 Å². The van der Waals surface area contributed by atoms with Crippen LogP contribution >= 0.6 is 0 Å².